The second kappa shape index (κ2) is 17.1. The highest BCUT2D eigenvalue weighted by Gasteiger charge is 2.20. The van der Waals surface area contributed by atoms with Crippen molar-refractivity contribution < 1.29 is 23.7 Å². The molecule has 0 radical (unpaired) electrons. The van der Waals surface area contributed by atoms with E-state index in [1.807, 2.05) is 32.9 Å². The van der Waals surface area contributed by atoms with Crippen molar-refractivity contribution in [1.29, 1.82) is 0 Å². The average Bonchev–Trinajstić information content (AvgIpc) is 2.92. The summed E-state index contributed by atoms with van der Waals surface area (Å²) in [4.78, 5) is 12.2. The quantitative estimate of drug-likeness (QED) is 0.243. The van der Waals surface area contributed by atoms with Gasteiger partial charge in [-0.05, 0) is 101 Å². The molecule has 1 heterocycles. The lowest BCUT2D eigenvalue weighted by Gasteiger charge is -2.30. The summed E-state index contributed by atoms with van der Waals surface area (Å²) < 4.78 is 24.3. The van der Waals surface area contributed by atoms with Crippen LogP contribution in [0, 0.1) is 5.92 Å². The molecule has 6 heteroatoms. The van der Waals surface area contributed by atoms with Crippen LogP contribution >= 0.6 is 0 Å². The second-order valence-corrected chi connectivity index (χ2v) is 10.7. The van der Waals surface area contributed by atoms with Crippen LogP contribution in [-0.4, -0.2) is 57.2 Å². The molecule has 0 aliphatic carbocycles. The van der Waals surface area contributed by atoms with Gasteiger partial charge in [-0.1, -0.05) is 33.3 Å². The fraction of sp³-hybridized carbons (Fsp3) is 0.606. The van der Waals surface area contributed by atoms with Gasteiger partial charge in [0.15, 0.2) is 23.0 Å². The van der Waals surface area contributed by atoms with Gasteiger partial charge >= 0.3 is 0 Å². The van der Waals surface area contributed by atoms with E-state index in [2.05, 4.69) is 44.0 Å². The molecule has 0 spiro atoms. The Kier molecular flexibility index (Phi) is 14.2. The molecular weight excluding hydrogens is 490 g/mol. The van der Waals surface area contributed by atoms with Crippen molar-refractivity contribution in [3.05, 3.63) is 35.9 Å². The largest absolute Gasteiger partial charge is 0.493 e. The zero-order valence-electron chi connectivity index (χ0n) is 25.6. The first-order valence-corrected chi connectivity index (χ1v) is 14.7. The minimum atomic E-state index is 0.0878. The normalized spacial score (nSPS) is 15.4. The third-order valence-corrected chi connectivity index (χ3v) is 6.81. The molecule has 1 atom stereocenters. The number of ether oxygens (including phenoxy) is 4. The SMILES string of the molecule is CCC(C)=O.CCCCOc1c(CC)cc(-c2ccc(OC(C)C)c(OC)c2)cc1OCC1CCCN(C)C1. The van der Waals surface area contributed by atoms with Crippen LogP contribution in [0.5, 0.6) is 23.0 Å². The van der Waals surface area contributed by atoms with Crippen LogP contribution in [0.15, 0.2) is 30.3 Å². The van der Waals surface area contributed by atoms with Crippen molar-refractivity contribution in [3.8, 4) is 34.1 Å². The zero-order chi connectivity index (χ0) is 28.8. The van der Waals surface area contributed by atoms with Crippen molar-refractivity contribution in [1.82, 2.24) is 4.90 Å². The summed E-state index contributed by atoms with van der Waals surface area (Å²) in [6.45, 7) is 15.5. The predicted molar refractivity (Wildman–Crippen MR) is 161 cm³/mol. The van der Waals surface area contributed by atoms with Gasteiger partial charge in [-0.2, -0.15) is 0 Å². The van der Waals surface area contributed by atoms with Gasteiger partial charge in [-0.25, -0.2) is 0 Å². The molecule has 0 bridgehead atoms. The van der Waals surface area contributed by atoms with Gasteiger partial charge in [-0.3, -0.25) is 0 Å². The van der Waals surface area contributed by atoms with Crippen molar-refractivity contribution in [3.63, 3.8) is 0 Å². The third kappa shape index (κ3) is 10.7. The maximum absolute atomic E-state index is 9.81. The Balaban J connectivity index is 0.000000976. The van der Waals surface area contributed by atoms with Gasteiger partial charge in [0, 0.05) is 18.9 Å². The van der Waals surface area contributed by atoms with E-state index in [1.54, 1.807) is 14.0 Å². The molecule has 218 valence electrons. The van der Waals surface area contributed by atoms with E-state index in [-0.39, 0.29) is 11.9 Å². The van der Waals surface area contributed by atoms with Gasteiger partial charge in [0.1, 0.15) is 5.78 Å². The highest BCUT2D eigenvalue weighted by molar-refractivity contribution is 5.75. The molecule has 1 fully saturated rings. The number of nitrogens with zero attached hydrogens (tertiary/aromatic N) is 1. The summed E-state index contributed by atoms with van der Waals surface area (Å²) in [5.41, 5.74) is 3.35. The van der Waals surface area contributed by atoms with Crippen LogP contribution in [-0.2, 0) is 11.2 Å². The first kappa shape index (κ1) is 32.5. The molecule has 6 nitrogen and oxygen atoms in total. The number of ketones is 1. The molecule has 39 heavy (non-hydrogen) atoms. The molecule has 0 saturated carbocycles. The lowest BCUT2D eigenvalue weighted by atomic mass is 9.98. The van der Waals surface area contributed by atoms with E-state index < -0.39 is 0 Å². The fourth-order valence-electron chi connectivity index (χ4n) is 4.49. The van der Waals surface area contributed by atoms with Crippen molar-refractivity contribution in [2.45, 2.75) is 86.2 Å². The molecule has 0 aromatic heterocycles. The summed E-state index contributed by atoms with van der Waals surface area (Å²) in [5, 5.41) is 0. The first-order valence-electron chi connectivity index (χ1n) is 14.7. The Morgan fingerprint density at radius 3 is 2.33 bits per heavy atom. The van der Waals surface area contributed by atoms with Gasteiger partial charge < -0.3 is 28.6 Å². The number of hydrogen-bond donors (Lipinski definition) is 0. The average molecular weight is 542 g/mol. The summed E-state index contributed by atoms with van der Waals surface area (Å²) >= 11 is 0. The number of Topliss-reactive ketones (excluding diaryl/α,β-unsaturated/α-hetero) is 1. The van der Waals surface area contributed by atoms with Crippen LogP contribution in [0.4, 0.5) is 0 Å². The number of benzene rings is 2. The number of carbonyl (C=O) groups excluding carboxylic acids is 1. The van der Waals surface area contributed by atoms with Crippen molar-refractivity contribution in [2.24, 2.45) is 5.92 Å². The van der Waals surface area contributed by atoms with E-state index in [1.165, 1.54) is 24.9 Å². The number of carbonyl (C=O) groups is 1. The van der Waals surface area contributed by atoms with Gasteiger partial charge in [-0.15, -0.1) is 0 Å². The van der Waals surface area contributed by atoms with Crippen molar-refractivity contribution >= 4 is 5.78 Å². The summed E-state index contributed by atoms with van der Waals surface area (Å²) in [6, 6.07) is 10.5. The number of likely N-dealkylation sites (tertiary alicyclic amines) is 1. The molecule has 2 aromatic rings. The van der Waals surface area contributed by atoms with Gasteiger partial charge in [0.2, 0.25) is 0 Å². The molecule has 2 aromatic carbocycles. The fourth-order valence-corrected chi connectivity index (χ4v) is 4.49. The Hall–Kier alpha value is -2.73. The maximum Gasteiger partial charge on any atom is 0.164 e. The Labute approximate surface area is 237 Å². The topological polar surface area (TPSA) is 57.2 Å². The van der Waals surface area contributed by atoms with Crippen LogP contribution in [0.3, 0.4) is 0 Å². The highest BCUT2D eigenvalue weighted by Crippen LogP contribution is 2.40. The van der Waals surface area contributed by atoms with Crippen LogP contribution in [0.2, 0.25) is 0 Å². The van der Waals surface area contributed by atoms with E-state index in [4.69, 9.17) is 18.9 Å². The number of piperidine rings is 1. The predicted octanol–water partition coefficient (Wildman–Crippen LogP) is 7.60. The number of aryl methyl sites for hydroxylation is 1. The van der Waals surface area contributed by atoms with E-state index >= 15 is 0 Å². The van der Waals surface area contributed by atoms with Crippen molar-refractivity contribution in [2.75, 3.05) is 40.5 Å². The van der Waals surface area contributed by atoms with E-state index in [0.717, 1.165) is 59.9 Å². The molecule has 1 saturated heterocycles. The molecular formula is C33H51NO5. The Morgan fingerprint density at radius 1 is 1.03 bits per heavy atom. The maximum atomic E-state index is 9.81. The highest BCUT2D eigenvalue weighted by atomic mass is 16.5. The van der Waals surface area contributed by atoms with Gasteiger partial charge in [0.05, 0.1) is 26.4 Å². The van der Waals surface area contributed by atoms with Crippen LogP contribution < -0.4 is 18.9 Å². The lowest BCUT2D eigenvalue weighted by Crippen LogP contribution is -2.34. The molecule has 0 N–H and O–H groups in total. The first-order chi connectivity index (χ1) is 18.7. The van der Waals surface area contributed by atoms with Crippen LogP contribution in [0.1, 0.15) is 79.2 Å². The summed E-state index contributed by atoms with van der Waals surface area (Å²) in [7, 11) is 3.88. The minimum Gasteiger partial charge on any atom is -0.493 e. The lowest BCUT2D eigenvalue weighted by molar-refractivity contribution is -0.116. The molecule has 1 unspecified atom stereocenters. The number of methoxy groups -OCH3 is 1. The Morgan fingerprint density at radius 2 is 1.74 bits per heavy atom. The monoisotopic (exact) mass is 541 g/mol. The smallest absolute Gasteiger partial charge is 0.164 e. The molecule has 3 rings (SSSR count). The molecule has 1 aliphatic heterocycles. The van der Waals surface area contributed by atoms with E-state index in [9.17, 15) is 4.79 Å². The number of unbranched alkanes of at least 4 members (excludes halogenated alkanes) is 1. The Bertz CT molecular complexity index is 1020. The standard InChI is InChI=1S/C29H43NO4.C4H8O/c1-7-9-15-32-29-23(8-2)16-25(18-28(29)33-20-22-11-10-14-30(5)19-22)24-12-13-26(34-21(3)4)27(17-24)31-6;1-3-4(2)5/h12-13,16-18,21-22H,7-11,14-15,19-20H2,1-6H3;3H2,1-2H3. The molecule has 1 aliphatic rings. The molecule has 0 amide bonds. The van der Waals surface area contributed by atoms with Crippen LogP contribution in [0.25, 0.3) is 11.1 Å². The minimum absolute atomic E-state index is 0.0878. The number of hydrogen-bond acceptors (Lipinski definition) is 6. The second-order valence-electron chi connectivity index (χ2n) is 10.7. The number of rotatable bonds is 13. The van der Waals surface area contributed by atoms with E-state index in [0.29, 0.717) is 25.6 Å². The zero-order valence-corrected chi connectivity index (χ0v) is 25.6. The summed E-state index contributed by atoms with van der Waals surface area (Å²) in [6.07, 6.45) is 6.22. The summed E-state index contributed by atoms with van der Waals surface area (Å²) in [5.74, 6) is 4.04. The van der Waals surface area contributed by atoms with Gasteiger partial charge in [0.25, 0.3) is 0 Å². The third-order valence-electron chi connectivity index (χ3n) is 6.81.